The number of halogens is 1. The molecule has 0 saturated carbocycles. The van der Waals surface area contributed by atoms with Gasteiger partial charge >= 0.3 is 0 Å². The van der Waals surface area contributed by atoms with Crippen molar-refractivity contribution in [2.45, 2.75) is 88.6 Å². The lowest BCUT2D eigenvalue weighted by Gasteiger charge is -2.49. The highest BCUT2D eigenvalue weighted by Crippen LogP contribution is 2.52. The summed E-state index contributed by atoms with van der Waals surface area (Å²) in [5.41, 5.74) is -4.27. The van der Waals surface area contributed by atoms with Crippen LogP contribution < -0.4 is 0 Å². The maximum atomic E-state index is 14.8. The maximum absolute atomic E-state index is 14.8. The number of methoxy groups -OCH3 is 1. The fourth-order valence-electron chi connectivity index (χ4n) is 7.26. The van der Waals surface area contributed by atoms with Gasteiger partial charge in [0.15, 0.2) is 24.1 Å². The lowest BCUT2D eigenvalue weighted by atomic mass is 9.72. The normalized spacial score (nSPS) is 33.4. The summed E-state index contributed by atoms with van der Waals surface area (Å²) in [6.45, 7) is 5.60. The minimum atomic E-state index is -2.06. The van der Waals surface area contributed by atoms with Gasteiger partial charge in [0, 0.05) is 55.6 Å². The molecular formula is C32H36FNO11. The van der Waals surface area contributed by atoms with Gasteiger partial charge in [0.25, 0.3) is 0 Å². The SMILES string of the molecule is CO[C@H]1OCCN([C@H]2C[C@H](O[C@H]3C[C@](O)(C(C)=O)Cc4c(O)c5c(c(O)c43)C(=O)c3c(F)cccc3C5=O)O[C@@H](C)[C@H]2O)[C@@H]1C. The van der Waals surface area contributed by atoms with Crippen LogP contribution in [0.25, 0.3) is 0 Å². The second-order valence-electron chi connectivity index (χ2n) is 12.3. The van der Waals surface area contributed by atoms with E-state index in [2.05, 4.69) is 0 Å². The lowest BCUT2D eigenvalue weighted by molar-refractivity contribution is -0.273. The van der Waals surface area contributed by atoms with Gasteiger partial charge < -0.3 is 39.4 Å². The van der Waals surface area contributed by atoms with Crippen molar-refractivity contribution in [2.24, 2.45) is 0 Å². The van der Waals surface area contributed by atoms with E-state index >= 15 is 0 Å². The van der Waals surface area contributed by atoms with Crippen LogP contribution in [0.15, 0.2) is 18.2 Å². The number of fused-ring (bicyclic) bond motifs is 3. The second-order valence-corrected chi connectivity index (χ2v) is 12.3. The molecule has 0 radical (unpaired) electrons. The van der Waals surface area contributed by atoms with Crippen molar-refractivity contribution in [1.29, 1.82) is 0 Å². The molecule has 8 atom stereocenters. The molecule has 2 aromatic rings. The zero-order valence-electron chi connectivity index (χ0n) is 25.3. The number of Topliss-reactive ketones (excluding diaryl/α,β-unsaturated/α-hetero) is 1. The largest absolute Gasteiger partial charge is 0.507 e. The number of carbonyl (C=O) groups excluding carboxylic acids is 3. The average molecular weight is 630 g/mol. The van der Waals surface area contributed by atoms with Crippen molar-refractivity contribution in [1.82, 2.24) is 4.90 Å². The number of nitrogens with zero attached hydrogens (tertiary/aromatic N) is 1. The van der Waals surface area contributed by atoms with Crippen LogP contribution in [0, 0.1) is 5.82 Å². The molecule has 4 N–H and O–H groups in total. The van der Waals surface area contributed by atoms with Gasteiger partial charge in [-0.05, 0) is 26.8 Å². The Morgan fingerprint density at radius 3 is 2.51 bits per heavy atom. The minimum Gasteiger partial charge on any atom is -0.507 e. The Bertz CT molecular complexity index is 1580. The van der Waals surface area contributed by atoms with Crippen LogP contribution in [0.3, 0.4) is 0 Å². The molecule has 0 aromatic heterocycles. The molecule has 45 heavy (non-hydrogen) atoms. The number of phenolic OH excluding ortho intramolecular Hbond substituents is 2. The summed E-state index contributed by atoms with van der Waals surface area (Å²) in [5.74, 6) is -4.93. The van der Waals surface area contributed by atoms with Crippen LogP contribution in [0.1, 0.15) is 82.7 Å². The fourth-order valence-corrected chi connectivity index (χ4v) is 7.26. The molecular weight excluding hydrogens is 593 g/mol. The molecule has 2 aliphatic carbocycles. The summed E-state index contributed by atoms with van der Waals surface area (Å²) in [4.78, 5) is 41.8. The van der Waals surface area contributed by atoms with E-state index in [9.17, 15) is 39.2 Å². The van der Waals surface area contributed by atoms with Crippen molar-refractivity contribution in [2.75, 3.05) is 20.3 Å². The molecule has 0 bridgehead atoms. The molecule has 2 aromatic carbocycles. The Morgan fingerprint density at radius 2 is 1.82 bits per heavy atom. The zero-order chi connectivity index (χ0) is 32.5. The smallest absolute Gasteiger partial charge is 0.201 e. The average Bonchev–Trinajstić information content (AvgIpc) is 2.99. The van der Waals surface area contributed by atoms with E-state index in [-0.39, 0.29) is 35.6 Å². The Labute approximate surface area is 258 Å². The van der Waals surface area contributed by atoms with E-state index < -0.39 is 100 Å². The van der Waals surface area contributed by atoms with Crippen LogP contribution in [0.5, 0.6) is 11.5 Å². The van der Waals surface area contributed by atoms with Crippen molar-refractivity contribution in [3.63, 3.8) is 0 Å². The molecule has 0 unspecified atom stereocenters. The predicted molar refractivity (Wildman–Crippen MR) is 152 cm³/mol. The number of aromatic hydroxyl groups is 2. The first kappa shape index (κ1) is 31.7. The fraction of sp³-hybridized carbons (Fsp3) is 0.531. The number of ketones is 3. The van der Waals surface area contributed by atoms with Gasteiger partial charge in [-0.3, -0.25) is 19.3 Å². The van der Waals surface area contributed by atoms with Crippen LogP contribution in [-0.2, 0) is 30.2 Å². The number of phenols is 2. The number of hydrogen-bond donors (Lipinski definition) is 4. The van der Waals surface area contributed by atoms with E-state index in [1.165, 1.54) is 26.2 Å². The van der Waals surface area contributed by atoms with E-state index in [1.54, 1.807) is 6.92 Å². The quantitative estimate of drug-likeness (QED) is 0.303. The third-order valence-corrected chi connectivity index (χ3v) is 9.70. The molecule has 6 rings (SSSR count). The highest BCUT2D eigenvalue weighted by Gasteiger charge is 2.50. The second kappa shape index (κ2) is 11.5. The number of ether oxygens (including phenoxy) is 4. The number of rotatable bonds is 5. The van der Waals surface area contributed by atoms with E-state index in [0.717, 1.165) is 6.07 Å². The van der Waals surface area contributed by atoms with E-state index in [1.807, 2.05) is 11.8 Å². The summed E-state index contributed by atoms with van der Waals surface area (Å²) in [7, 11) is 1.53. The molecule has 2 heterocycles. The molecule has 0 spiro atoms. The van der Waals surface area contributed by atoms with Crippen LogP contribution in [0.4, 0.5) is 4.39 Å². The monoisotopic (exact) mass is 629 g/mol. The Balaban J connectivity index is 1.41. The van der Waals surface area contributed by atoms with E-state index in [0.29, 0.717) is 13.2 Å². The molecule has 0 amide bonds. The summed E-state index contributed by atoms with van der Waals surface area (Å²) >= 11 is 0. The molecule has 4 aliphatic rings. The Kier molecular flexibility index (Phi) is 8.09. The molecule has 2 saturated heterocycles. The first-order valence-electron chi connectivity index (χ1n) is 14.9. The van der Waals surface area contributed by atoms with Crippen molar-refractivity contribution < 1.29 is 58.1 Å². The molecule has 2 fully saturated rings. The highest BCUT2D eigenvalue weighted by atomic mass is 19.1. The van der Waals surface area contributed by atoms with Crippen molar-refractivity contribution >= 4 is 17.3 Å². The molecule has 12 nitrogen and oxygen atoms in total. The van der Waals surface area contributed by atoms with Gasteiger partial charge in [-0.15, -0.1) is 0 Å². The number of hydrogen-bond acceptors (Lipinski definition) is 12. The molecule has 2 aliphatic heterocycles. The minimum absolute atomic E-state index is 0.115. The van der Waals surface area contributed by atoms with Gasteiger partial charge in [0.1, 0.15) is 22.9 Å². The van der Waals surface area contributed by atoms with Gasteiger partial charge in [0.2, 0.25) is 5.78 Å². The first-order valence-corrected chi connectivity index (χ1v) is 14.9. The highest BCUT2D eigenvalue weighted by molar-refractivity contribution is 6.30. The Hall–Kier alpha value is -3.30. The van der Waals surface area contributed by atoms with Gasteiger partial charge in [-0.25, -0.2) is 4.39 Å². The van der Waals surface area contributed by atoms with Gasteiger partial charge in [-0.2, -0.15) is 0 Å². The van der Waals surface area contributed by atoms with Crippen LogP contribution in [-0.4, -0.2) is 105 Å². The summed E-state index contributed by atoms with van der Waals surface area (Å²) < 4.78 is 38.3. The number of carbonyl (C=O) groups is 3. The van der Waals surface area contributed by atoms with Crippen molar-refractivity contribution in [3.8, 4) is 11.5 Å². The zero-order valence-corrected chi connectivity index (χ0v) is 25.3. The number of aliphatic hydroxyl groups is 2. The van der Waals surface area contributed by atoms with Crippen LogP contribution in [0.2, 0.25) is 0 Å². The van der Waals surface area contributed by atoms with E-state index in [4.69, 9.17) is 18.9 Å². The number of benzene rings is 2. The maximum Gasteiger partial charge on any atom is 0.201 e. The standard InChI is InChI=1S/C32H36FNO11/c1-13-31(42-4)43-9-8-34(13)19-10-21(44-14(2)26(19)36)45-20-12-32(41,15(3)35)11-17-23(20)30(40)25-24(28(17)38)27(37)16-6-5-7-18(33)22(16)29(25)39/h5-7,13-14,19-21,26,31,36,38,40-41H,8-12H2,1-4H3/t13-,14+,19+,20+,21+,26-,31+,32+/m1/s1. The number of aliphatic hydroxyl groups excluding tert-OH is 1. The third-order valence-electron chi connectivity index (χ3n) is 9.70. The van der Waals surface area contributed by atoms with Gasteiger partial charge in [0.05, 0.1) is 47.7 Å². The Morgan fingerprint density at radius 1 is 1.11 bits per heavy atom. The lowest BCUT2D eigenvalue weighted by Crippen LogP contribution is -2.62. The predicted octanol–water partition coefficient (Wildman–Crippen LogP) is 1.89. The van der Waals surface area contributed by atoms with Crippen molar-refractivity contribution in [3.05, 3.63) is 57.4 Å². The molecule has 242 valence electrons. The van der Waals surface area contributed by atoms with Crippen LogP contribution >= 0.6 is 0 Å². The number of morpholine rings is 1. The van der Waals surface area contributed by atoms with Gasteiger partial charge in [-0.1, -0.05) is 12.1 Å². The summed E-state index contributed by atoms with van der Waals surface area (Å²) in [5, 5.41) is 45.6. The summed E-state index contributed by atoms with van der Waals surface area (Å²) in [6.07, 6.45) is -5.24. The molecule has 13 heteroatoms. The third kappa shape index (κ3) is 4.97. The summed E-state index contributed by atoms with van der Waals surface area (Å²) in [6, 6.07) is 2.80. The topological polar surface area (TPSA) is 172 Å². The first-order chi connectivity index (χ1) is 21.3.